The number of allylic oxidation sites excluding steroid dienone is 1. The van der Waals surface area contributed by atoms with Crippen LogP contribution in [0.25, 0.3) is 0 Å². The molecule has 1 aliphatic rings. The number of hydrogen-bond acceptors (Lipinski definition) is 1. The second kappa shape index (κ2) is 10.6. The minimum Gasteiger partial charge on any atom is -0.369 e. The van der Waals surface area contributed by atoms with Crippen LogP contribution in [-0.2, 0) is 4.74 Å². The van der Waals surface area contributed by atoms with Crippen molar-refractivity contribution in [3.05, 3.63) is 12.2 Å². The van der Waals surface area contributed by atoms with E-state index in [0.29, 0.717) is 12.2 Å². The van der Waals surface area contributed by atoms with Gasteiger partial charge in [-0.15, -0.1) is 0 Å². The van der Waals surface area contributed by atoms with Gasteiger partial charge in [-0.25, -0.2) is 0 Å². The van der Waals surface area contributed by atoms with E-state index in [4.69, 9.17) is 4.74 Å². The molecule has 0 aromatic heterocycles. The lowest BCUT2D eigenvalue weighted by molar-refractivity contribution is 0.358. The predicted molar refractivity (Wildman–Crippen MR) is 79.9 cm³/mol. The molecule has 0 saturated carbocycles. The Bertz CT molecular complexity index is 210. The molecule has 0 bridgehead atoms. The molecule has 0 unspecified atom stereocenters. The van der Waals surface area contributed by atoms with Crippen molar-refractivity contribution in [2.45, 2.75) is 96.7 Å². The summed E-state index contributed by atoms with van der Waals surface area (Å²) in [6.45, 7) is 4.53. The molecule has 0 radical (unpaired) electrons. The Hall–Kier alpha value is -0.300. The summed E-state index contributed by atoms with van der Waals surface area (Å²) in [4.78, 5) is 0. The predicted octanol–water partition coefficient (Wildman–Crippen LogP) is 5.64. The second-order valence-electron chi connectivity index (χ2n) is 5.62. The molecule has 1 saturated heterocycles. The lowest BCUT2D eigenvalue weighted by Gasteiger charge is -1.97. The van der Waals surface area contributed by atoms with E-state index in [-0.39, 0.29) is 0 Å². The van der Waals surface area contributed by atoms with Gasteiger partial charge in [0.2, 0.25) is 0 Å². The van der Waals surface area contributed by atoms with Gasteiger partial charge in [-0.1, -0.05) is 70.9 Å². The maximum absolute atomic E-state index is 5.70. The molecule has 1 aliphatic heterocycles. The van der Waals surface area contributed by atoms with Gasteiger partial charge in [0.05, 0.1) is 12.2 Å². The van der Waals surface area contributed by atoms with Gasteiger partial charge < -0.3 is 4.74 Å². The van der Waals surface area contributed by atoms with E-state index >= 15 is 0 Å². The molecule has 0 aliphatic carbocycles. The van der Waals surface area contributed by atoms with Crippen molar-refractivity contribution in [2.24, 2.45) is 0 Å². The van der Waals surface area contributed by atoms with Crippen LogP contribution in [-0.4, -0.2) is 12.2 Å². The van der Waals surface area contributed by atoms with E-state index in [1.54, 1.807) is 0 Å². The number of epoxide rings is 1. The van der Waals surface area contributed by atoms with Gasteiger partial charge in [0.1, 0.15) is 0 Å². The van der Waals surface area contributed by atoms with Crippen LogP contribution < -0.4 is 0 Å². The molecule has 18 heavy (non-hydrogen) atoms. The number of hydrogen-bond donors (Lipinski definition) is 0. The Balaban J connectivity index is 1.85. The zero-order chi connectivity index (χ0) is 13.1. The van der Waals surface area contributed by atoms with Crippen LogP contribution in [0.3, 0.4) is 0 Å². The highest BCUT2D eigenvalue weighted by Gasteiger charge is 2.36. The van der Waals surface area contributed by atoms with Crippen LogP contribution in [0.5, 0.6) is 0 Å². The Kier molecular flexibility index (Phi) is 9.28. The zero-order valence-electron chi connectivity index (χ0n) is 12.5. The maximum atomic E-state index is 5.70. The summed E-state index contributed by atoms with van der Waals surface area (Å²) < 4.78 is 5.70. The first-order chi connectivity index (χ1) is 8.88. The number of unbranched alkanes of at least 4 members (excludes halogenated alkanes) is 7. The summed E-state index contributed by atoms with van der Waals surface area (Å²) in [7, 11) is 0. The van der Waals surface area contributed by atoms with E-state index in [9.17, 15) is 0 Å². The van der Waals surface area contributed by atoms with Crippen molar-refractivity contribution in [3.63, 3.8) is 0 Å². The lowest BCUT2D eigenvalue weighted by Crippen LogP contribution is -1.92. The van der Waals surface area contributed by atoms with Crippen molar-refractivity contribution in [1.82, 2.24) is 0 Å². The summed E-state index contributed by atoms with van der Waals surface area (Å²) in [5, 5.41) is 0. The molecule has 1 nitrogen and oxygen atoms in total. The highest BCUT2D eigenvalue weighted by molar-refractivity contribution is 4.93. The van der Waals surface area contributed by atoms with Crippen LogP contribution in [0, 0.1) is 0 Å². The van der Waals surface area contributed by atoms with Crippen molar-refractivity contribution < 1.29 is 4.74 Å². The third kappa shape index (κ3) is 7.92. The van der Waals surface area contributed by atoms with Crippen LogP contribution in [0.15, 0.2) is 12.2 Å². The highest BCUT2D eigenvalue weighted by Crippen LogP contribution is 2.30. The molecule has 0 aromatic carbocycles. The fraction of sp³-hybridized carbons (Fsp3) is 0.882. The van der Waals surface area contributed by atoms with Gasteiger partial charge in [0.15, 0.2) is 0 Å². The topological polar surface area (TPSA) is 12.5 Å². The van der Waals surface area contributed by atoms with Gasteiger partial charge in [-0.2, -0.15) is 0 Å². The van der Waals surface area contributed by atoms with Crippen molar-refractivity contribution in [1.29, 1.82) is 0 Å². The van der Waals surface area contributed by atoms with E-state index in [1.165, 1.54) is 64.2 Å². The van der Waals surface area contributed by atoms with Gasteiger partial charge in [-0.05, 0) is 25.7 Å². The van der Waals surface area contributed by atoms with Gasteiger partial charge in [0, 0.05) is 0 Å². The maximum Gasteiger partial charge on any atom is 0.0876 e. The average Bonchev–Trinajstić information content (AvgIpc) is 3.12. The molecule has 1 heteroatoms. The molecule has 0 aromatic rings. The third-order valence-electron chi connectivity index (χ3n) is 3.79. The smallest absolute Gasteiger partial charge is 0.0876 e. The number of ether oxygens (including phenoxy) is 1. The molecular formula is C17H32O. The van der Waals surface area contributed by atoms with E-state index in [2.05, 4.69) is 26.0 Å². The van der Waals surface area contributed by atoms with E-state index in [1.807, 2.05) is 0 Å². The molecular weight excluding hydrogens is 220 g/mol. The SMILES string of the molecule is CCCCC/C=C\C[C@H]1O[C@@H]1CCCCCCC. The van der Waals surface area contributed by atoms with Crippen LogP contribution >= 0.6 is 0 Å². The fourth-order valence-corrected chi connectivity index (χ4v) is 2.45. The third-order valence-corrected chi connectivity index (χ3v) is 3.79. The van der Waals surface area contributed by atoms with Gasteiger partial charge in [0.25, 0.3) is 0 Å². The second-order valence-corrected chi connectivity index (χ2v) is 5.62. The van der Waals surface area contributed by atoms with Crippen LogP contribution in [0.4, 0.5) is 0 Å². The Labute approximate surface area is 114 Å². The minimum atomic E-state index is 0.554. The fourth-order valence-electron chi connectivity index (χ4n) is 2.45. The quantitative estimate of drug-likeness (QED) is 0.249. The zero-order valence-corrected chi connectivity index (χ0v) is 12.5. The molecule has 1 heterocycles. The first-order valence-electron chi connectivity index (χ1n) is 8.19. The van der Waals surface area contributed by atoms with Crippen molar-refractivity contribution >= 4 is 0 Å². The standard InChI is InChI=1S/C17H32O/c1-3-5-7-9-11-13-15-17-16(18-17)14-12-10-8-6-4-2/h11,13,16-17H,3-10,12,14-15H2,1-2H3/b13-11-/t16-,17-/m1/s1. The lowest BCUT2D eigenvalue weighted by atomic mass is 10.1. The first-order valence-corrected chi connectivity index (χ1v) is 8.19. The largest absolute Gasteiger partial charge is 0.369 e. The Morgan fingerprint density at radius 3 is 2.28 bits per heavy atom. The molecule has 106 valence electrons. The van der Waals surface area contributed by atoms with E-state index < -0.39 is 0 Å². The minimum absolute atomic E-state index is 0.554. The van der Waals surface area contributed by atoms with Crippen molar-refractivity contribution in [3.8, 4) is 0 Å². The van der Waals surface area contributed by atoms with Crippen LogP contribution in [0.1, 0.15) is 84.5 Å². The van der Waals surface area contributed by atoms with Gasteiger partial charge >= 0.3 is 0 Å². The normalized spacial score (nSPS) is 22.8. The molecule has 0 spiro atoms. The van der Waals surface area contributed by atoms with Crippen LogP contribution in [0.2, 0.25) is 0 Å². The molecule has 1 fully saturated rings. The summed E-state index contributed by atoms with van der Waals surface area (Å²) >= 11 is 0. The van der Waals surface area contributed by atoms with E-state index in [0.717, 1.165) is 6.42 Å². The summed E-state index contributed by atoms with van der Waals surface area (Å²) in [5.74, 6) is 0. The molecule has 0 amide bonds. The average molecular weight is 252 g/mol. The first kappa shape index (κ1) is 15.8. The highest BCUT2D eigenvalue weighted by atomic mass is 16.6. The van der Waals surface area contributed by atoms with Gasteiger partial charge in [-0.3, -0.25) is 0 Å². The summed E-state index contributed by atoms with van der Waals surface area (Å²) in [5.41, 5.74) is 0. The van der Waals surface area contributed by atoms with Crippen molar-refractivity contribution in [2.75, 3.05) is 0 Å². The molecule has 1 rings (SSSR count). The monoisotopic (exact) mass is 252 g/mol. The molecule has 2 atom stereocenters. The Morgan fingerprint density at radius 2 is 1.50 bits per heavy atom. The summed E-state index contributed by atoms with van der Waals surface area (Å²) in [6.07, 6.45) is 20.4. The Morgan fingerprint density at radius 1 is 0.778 bits per heavy atom. The summed E-state index contributed by atoms with van der Waals surface area (Å²) in [6, 6.07) is 0. The molecule has 0 N–H and O–H groups in total. The number of rotatable bonds is 12.